The molecular formula is C18H18ClNO2. The van der Waals surface area contributed by atoms with Crippen LogP contribution >= 0.6 is 11.6 Å². The summed E-state index contributed by atoms with van der Waals surface area (Å²) in [5.74, 6) is -0.107. The van der Waals surface area contributed by atoms with Crippen molar-refractivity contribution in [2.45, 2.75) is 18.4 Å². The van der Waals surface area contributed by atoms with Gasteiger partial charge in [0.15, 0.2) is 0 Å². The highest BCUT2D eigenvalue weighted by atomic mass is 35.5. The van der Waals surface area contributed by atoms with E-state index in [4.69, 9.17) is 16.3 Å². The van der Waals surface area contributed by atoms with Crippen molar-refractivity contribution >= 4 is 17.5 Å². The van der Waals surface area contributed by atoms with Crippen LogP contribution in [0, 0.1) is 0 Å². The van der Waals surface area contributed by atoms with E-state index in [9.17, 15) is 4.79 Å². The number of methoxy groups -OCH3 is 1. The van der Waals surface area contributed by atoms with Gasteiger partial charge in [-0.25, -0.2) is 0 Å². The van der Waals surface area contributed by atoms with Gasteiger partial charge in [0.05, 0.1) is 5.60 Å². The summed E-state index contributed by atoms with van der Waals surface area (Å²) in [4.78, 5) is 12.2. The molecule has 2 aromatic rings. The maximum Gasteiger partial charge on any atom is 0.251 e. The van der Waals surface area contributed by atoms with Crippen LogP contribution in [0.15, 0.2) is 48.5 Å². The minimum atomic E-state index is -0.355. The van der Waals surface area contributed by atoms with E-state index in [2.05, 4.69) is 17.4 Å². The summed E-state index contributed by atoms with van der Waals surface area (Å²) in [5.41, 5.74) is 2.84. The topological polar surface area (TPSA) is 38.3 Å². The van der Waals surface area contributed by atoms with E-state index in [1.54, 1.807) is 31.4 Å². The number of ether oxygens (including phenoxy) is 1. The van der Waals surface area contributed by atoms with Gasteiger partial charge in [0.1, 0.15) is 0 Å². The van der Waals surface area contributed by atoms with Crippen LogP contribution in [-0.4, -0.2) is 25.2 Å². The molecule has 0 fully saturated rings. The summed E-state index contributed by atoms with van der Waals surface area (Å²) in [6, 6.07) is 15.2. The van der Waals surface area contributed by atoms with Crippen LogP contribution in [0.1, 0.15) is 21.5 Å². The van der Waals surface area contributed by atoms with Gasteiger partial charge < -0.3 is 10.1 Å². The maximum atomic E-state index is 12.2. The first-order valence-corrected chi connectivity index (χ1v) is 7.65. The smallest absolute Gasteiger partial charge is 0.251 e. The third-order valence-electron chi connectivity index (χ3n) is 4.25. The minimum Gasteiger partial charge on any atom is -0.376 e. The number of carbonyl (C=O) groups is 1. The summed E-state index contributed by atoms with van der Waals surface area (Å²) in [6.07, 6.45) is 1.64. The van der Waals surface area contributed by atoms with Gasteiger partial charge in [-0.1, -0.05) is 35.9 Å². The Morgan fingerprint density at radius 3 is 2.27 bits per heavy atom. The number of carbonyl (C=O) groups excluding carboxylic acids is 1. The average molecular weight is 316 g/mol. The lowest BCUT2D eigenvalue weighted by Crippen LogP contribution is -2.45. The molecule has 1 aliphatic carbocycles. The Morgan fingerprint density at radius 2 is 1.73 bits per heavy atom. The molecule has 0 bridgehead atoms. The molecule has 0 aromatic heterocycles. The van der Waals surface area contributed by atoms with Crippen molar-refractivity contribution < 1.29 is 9.53 Å². The quantitative estimate of drug-likeness (QED) is 0.940. The number of fused-ring (bicyclic) bond motifs is 1. The number of halogens is 1. The highest BCUT2D eigenvalue weighted by Gasteiger charge is 2.37. The second-order valence-corrected chi connectivity index (χ2v) is 6.14. The zero-order valence-electron chi connectivity index (χ0n) is 12.4. The van der Waals surface area contributed by atoms with Crippen molar-refractivity contribution in [1.29, 1.82) is 0 Å². The molecule has 0 aliphatic heterocycles. The van der Waals surface area contributed by atoms with Gasteiger partial charge >= 0.3 is 0 Å². The van der Waals surface area contributed by atoms with E-state index >= 15 is 0 Å². The third-order valence-corrected chi connectivity index (χ3v) is 4.51. The molecule has 0 atom stereocenters. The maximum absolute atomic E-state index is 12.2. The Balaban J connectivity index is 1.67. The lowest BCUT2D eigenvalue weighted by Gasteiger charge is -2.27. The fourth-order valence-electron chi connectivity index (χ4n) is 2.95. The Labute approximate surface area is 135 Å². The van der Waals surface area contributed by atoms with Gasteiger partial charge in [-0.3, -0.25) is 4.79 Å². The van der Waals surface area contributed by atoms with E-state index in [-0.39, 0.29) is 11.5 Å². The number of benzene rings is 2. The summed E-state index contributed by atoms with van der Waals surface area (Å²) in [6.45, 7) is 0.486. The fraction of sp³-hybridized carbons (Fsp3) is 0.278. The van der Waals surface area contributed by atoms with Crippen LogP contribution < -0.4 is 5.32 Å². The lowest BCUT2D eigenvalue weighted by molar-refractivity contribution is 0.000177. The second-order valence-electron chi connectivity index (χ2n) is 5.70. The number of rotatable bonds is 4. The Hall–Kier alpha value is -1.84. The summed E-state index contributed by atoms with van der Waals surface area (Å²) < 4.78 is 5.75. The number of nitrogens with one attached hydrogen (secondary N) is 1. The zero-order chi connectivity index (χ0) is 15.6. The van der Waals surface area contributed by atoms with Crippen molar-refractivity contribution in [2.24, 2.45) is 0 Å². The van der Waals surface area contributed by atoms with Gasteiger partial charge in [-0.15, -0.1) is 0 Å². The average Bonchev–Trinajstić information content (AvgIpc) is 2.92. The molecule has 22 heavy (non-hydrogen) atoms. The highest BCUT2D eigenvalue weighted by molar-refractivity contribution is 6.30. The third kappa shape index (κ3) is 3.01. The summed E-state index contributed by atoms with van der Waals surface area (Å²) >= 11 is 5.84. The molecule has 0 saturated heterocycles. The molecular weight excluding hydrogens is 298 g/mol. The molecule has 0 saturated carbocycles. The molecule has 1 N–H and O–H groups in total. The largest absolute Gasteiger partial charge is 0.376 e. The molecule has 4 heteroatoms. The first-order valence-electron chi connectivity index (χ1n) is 7.28. The van der Waals surface area contributed by atoms with E-state index in [1.807, 2.05) is 12.1 Å². The predicted molar refractivity (Wildman–Crippen MR) is 87.4 cm³/mol. The molecule has 3 rings (SSSR count). The summed E-state index contributed by atoms with van der Waals surface area (Å²) in [5, 5.41) is 3.60. The number of amides is 1. The second kappa shape index (κ2) is 6.11. The summed E-state index contributed by atoms with van der Waals surface area (Å²) in [7, 11) is 1.71. The fourth-order valence-corrected chi connectivity index (χ4v) is 3.07. The molecule has 3 nitrogen and oxygen atoms in total. The normalized spacial score (nSPS) is 15.4. The molecule has 0 heterocycles. The van der Waals surface area contributed by atoms with Crippen molar-refractivity contribution in [3.63, 3.8) is 0 Å². The van der Waals surface area contributed by atoms with Crippen molar-refractivity contribution in [2.75, 3.05) is 13.7 Å². The minimum absolute atomic E-state index is 0.107. The molecule has 0 radical (unpaired) electrons. The standard InChI is InChI=1S/C18H18ClNO2/c1-22-18(10-14-4-2-3-5-15(14)11-18)12-20-17(21)13-6-8-16(19)9-7-13/h2-9H,10-12H2,1H3,(H,20,21). The number of hydrogen-bond acceptors (Lipinski definition) is 2. The van der Waals surface area contributed by atoms with Crippen LogP contribution in [-0.2, 0) is 17.6 Å². The molecule has 2 aromatic carbocycles. The molecule has 114 valence electrons. The Kier molecular flexibility index (Phi) is 4.19. The van der Waals surface area contributed by atoms with Crippen molar-refractivity contribution in [3.8, 4) is 0 Å². The van der Waals surface area contributed by atoms with Gasteiger partial charge in [-0.2, -0.15) is 0 Å². The van der Waals surface area contributed by atoms with Crippen molar-refractivity contribution in [1.82, 2.24) is 5.32 Å². The van der Waals surface area contributed by atoms with E-state index in [0.717, 1.165) is 12.8 Å². The highest BCUT2D eigenvalue weighted by Crippen LogP contribution is 2.32. The molecule has 0 unspecified atom stereocenters. The van der Waals surface area contributed by atoms with E-state index in [1.165, 1.54) is 11.1 Å². The monoisotopic (exact) mass is 315 g/mol. The number of hydrogen-bond donors (Lipinski definition) is 1. The van der Waals surface area contributed by atoms with Crippen LogP contribution in [0.5, 0.6) is 0 Å². The first-order chi connectivity index (χ1) is 10.6. The van der Waals surface area contributed by atoms with E-state index in [0.29, 0.717) is 17.1 Å². The molecule has 1 amide bonds. The first kappa shape index (κ1) is 15.1. The van der Waals surface area contributed by atoms with Crippen LogP contribution in [0.4, 0.5) is 0 Å². The van der Waals surface area contributed by atoms with Crippen LogP contribution in [0.2, 0.25) is 5.02 Å². The Bertz CT molecular complexity index is 657. The van der Waals surface area contributed by atoms with E-state index < -0.39 is 0 Å². The lowest BCUT2D eigenvalue weighted by atomic mass is 10.00. The van der Waals surface area contributed by atoms with Gasteiger partial charge in [0, 0.05) is 37.1 Å². The SMILES string of the molecule is COC1(CNC(=O)c2ccc(Cl)cc2)Cc2ccccc2C1. The molecule has 0 spiro atoms. The Morgan fingerprint density at radius 1 is 1.14 bits per heavy atom. The van der Waals surface area contributed by atoms with Gasteiger partial charge in [0.2, 0.25) is 0 Å². The van der Waals surface area contributed by atoms with Crippen LogP contribution in [0.3, 0.4) is 0 Å². The van der Waals surface area contributed by atoms with Crippen molar-refractivity contribution in [3.05, 3.63) is 70.2 Å². The predicted octanol–water partition coefficient (Wildman–Crippen LogP) is 3.25. The van der Waals surface area contributed by atoms with Gasteiger partial charge in [-0.05, 0) is 35.4 Å². The van der Waals surface area contributed by atoms with Gasteiger partial charge in [0.25, 0.3) is 5.91 Å². The van der Waals surface area contributed by atoms with Crippen LogP contribution in [0.25, 0.3) is 0 Å². The zero-order valence-corrected chi connectivity index (χ0v) is 13.2. The molecule has 1 aliphatic rings.